The van der Waals surface area contributed by atoms with Crippen molar-refractivity contribution in [3.63, 3.8) is 0 Å². The van der Waals surface area contributed by atoms with Crippen molar-refractivity contribution in [3.8, 4) is 23.0 Å². The SMILES string of the molecule is O=C(N/N=C/c1ccc(OCCN2CCN(Cc3ccc4c(c3)OCO4)CC2)c2ccccc12)c1ccc(O)c(Cl)c1. The first-order valence-electron chi connectivity index (χ1n) is 13.8. The van der Waals surface area contributed by atoms with Gasteiger partial charge in [0.05, 0.1) is 11.2 Å². The Kier molecular flexibility index (Phi) is 8.41. The fourth-order valence-electron chi connectivity index (χ4n) is 5.16. The number of halogens is 1. The van der Waals surface area contributed by atoms with Gasteiger partial charge < -0.3 is 19.3 Å². The van der Waals surface area contributed by atoms with Gasteiger partial charge in [0.15, 0.2) is 11.5 Å². The van der Waals surface area contributed by atoms with Crippen LogP contribution < -0.4 is 19.6 Å². The molecular weight excluding hydrogens is 556 g/mol. The third kappa shape index (κ3) is 6.44. The summed E-state index contributed by atoms with van der Waals surface area (Å²) in [6, 6.07) is 22.3. The Labute approximate surface area is 248 Å². The molecule has 0 aromatic heterocycles. The Morgan fingerprint density at radius 3 is 2.57 bits per heavy atom. The lowest BCUT2D eigenvalue weighted by Crippen LogP contribution is -2.47. The van der Waals surface area contributed by atoms with Gasteiger partial charge >= 0.3 is 0 Å². The van der Waals surface area contributed by atoms with Crippen molar-refractivity contribution in [2.24, 2.45) is 5.10 Å². The summed E-state index contributed by atoms with van der Waals surface area (Å²) in [5.74, 6) is 1.96. The van der Waals surface area contributed by atoms with Gasteiger partial charge in [0.25, 0.3) is 5.91 Å². The Hall–Kier alpha value is -4.31. The van der Waals surface area contributed by atoms with Gasteiger partial charge in [-0.3, -0.25) is 14.6 Å². The molecule has 0 radical (unpaired) electrons. The Balaban J connectivity index is 1.00. The van der Waals surface area contributed by atoms with Crippen LogP contribution in [0, 0.1) is 0 Å². The number of piperazine rings is 1. The fraction of sp³-hybridized carbons (Fsp3) is 0.250. The number of nitrogens with zero attached hydrogens (tertiary/aromatic N) is 3. The monoisotopic (exact) mass is 586 g/mol. The molecule has 0 spiro atoms. The Bertz CT molecular complexity index is 1620. The van der Waals surface area contributed by atoms with Crippen molar-refractivity contribution in [2.45, 2.75) is 6.54 Å². The zero-order valence-electron chi connectivity index (χ0n) is 23.0. The van der Waals surface area contributed by atoms with Gasteiger partial charge in [-0.1, -0.05) is 41.9 Å². The number of hydrogen-bond acceptors (Lipinski definition) is 8. The lowest BCUT2D eigenvalue weighted by molar-refractivity contribution is 0.0955. The van der Waals surface area contributed by atoms with Gasteiger partial charge in [-0.2, -0.15) is 5.10 Å². The van der Waals surface area contributed by atoms with Crippen LogP contribution in [0.25, 0.3) is 10.8 Å². The highest BCUT2D eigenvalue weighted by atomic mass is 35.5. The second kappa shape index (κ2) is 12.7. The second-order valence-corrected chi connectivity index (χ2v) is 10.6. The number of phenols is 1. The van der Waals surface area contributed by atoms with Crippen LogP contribution in [-0.4, -0.2) is 73.2 Å². The first-order chi connectivity index (χ1) is 20.5. The molecule has 4 aromatic carbocycles. The summed E-state index contributed by atoms with van der Waals surface area (Å²) in [5.41, 5.74) is 4.90. The minimum Gasteiger partial charge on any atom is -0.506 e. The second-order valence-electron chi connectivity index (χ2n) is 10.2. The molecule has 0 bridgehead atoms. The van der Waals surface area contributed by atoms with E-state index in [1.807, 2.05) is 42.5 Å². The van der Waals surface area contributed by atoms with E-state index in [1.165, 1.54) is 23.8 Å². The van der Waals surface area contributed by atoms with Gasteiger partial charge in [-0.05, 0) is 53.4 Å². The summed E-state index contributed by atoms with van der Waals surface area (Å²) in [6.07, 6.45) is 1.61. The first kappa shape index (κ1) is 27.8. The number of benzene rings is 4. The number of rotatable bonds is 9. The molecule has 0 saturated carbocycles. The number of carbonyl (C=O) groups is 1. The lowest BCUT2D eigenvalue weighted by Gasteiger charge is -2.34. The van der Waals surface area contributed by atoms with E-state index in [0.29, 0.717) is 19.0 Å². The van der Waals surface area contributed by atoms with E-state index in [-0.39, 0.29) is 10.8 Å². The maximum absolute atomic E-state index is 12.4. The number of aromatic hydroxyl groups is 1. The number of amides is 1. The molecular formula is C32H31ClN4O5. The molecule has 0 atom stereocenters. The van der Waals surface area contributed by atoms with Gasteiger partial charge in [0.2, 0.25) is 6.79 Å². The van der Waals surface area contributed by atoms with Gasteiger partial charge in [0, 0.05) is 55.8 Å². The zero-order valence-corrected chi connectivity index (χ0v) is 23.7. The Morgan fingerprint density at radius 1 is 0.952 bits per heavy atom. The molecule has 2 aliphatic heterocycles. The van der Waals surface area contributed by atoms with Gasteiger partial charge in [-0.15, -0.1) is 0 Å². The molecule has 2 N–H and O–H groups in total. The quantitative estimate of drug-likeness (QED) is 0.213. The summed E-state index contributed by atoms with van der Waals surface area (Å²) >= 11 is 5.90. The van der Waals surface area contributed by atoms with E-state index < -0.39 is 5.91 Å². The van der Waals surface area contributed by atoms with Crippen molar-refractivity contribution >= 4 is 34.5 Å². The van der Waals surface area contributed by atoms with Crippen molar-refractivity contribution in [1.82, 2.24) is 15.2 Å². The molecule has 216 valence electrons. The summed E-state index contributed by atoms with van der Waals surface area (Å²) in [7, 11) is 0. The molecule has 42 heavy (non-hydrogen) atoms. The highest BCUT2D eigenvalue weighted by molar-refractivity contribution is 6.32. The van der Waals surface area contributed by atoms with Crippen LogP contribution in [0.4, 0.5) is 0 Å². The van der Waals surface area contributed by atoms with Crippen molar-refractivity contribution in [2.75, 3.05) is 46.1 Å². The topological polar surface area (TPSA) is 95.9 Å². The summed E-state index contributed by atoms with van der Waals surface area (Å²) in [6.45, 7) is 6.62. The molecule has 9 nitrogen and oxygen atoms in total. The maximum atomic E-state index is 12.4. The number of nitrogens with one attached hydrogen (secondary N) is 1. The van der Waals surface area contributed by atoms with E-state index >= 15 is 0 Å². The van der Waals surface area contributed by atoms with Crippen molar-refractivity contribution < 1.29 is 24.1 Å². The molecule has 10 heteroatoms. The van der Waals surface area contributed by atoms with E-state index in [0.717, 1.165) is 72.9 Å². The number of hydrazone groups is 1. The predicted molar refractivity (Wildman–Crippen MR) is 162 cm³/mol. The summed E-state index contributed by atoms with van der Waals surface area (Å²) in [5, 5.41) is 15.7. The minimum atomic E-state index is -0.425. The molecule has 1 fully saturated rings. The first-order valence-corrected chi connectivity index (χ1v) is 14.2. The fourth-order valence-corrected chi connectivity index (χ4v) is 5.34. The third-order valence-corrected chi connectivity index (χ3v) is 7.77. The maximum Gasteiger partial charge on any atom is 0.271 e. The molecule has 6 rings (SSSR count). The highest BCUT2D eigenvalue weighted by Crippen LogP contribution is 2.33. The average molecular weight is 587 g/mol. The van der Waals surface area contributed by atoms with E-state index in [1.54, 1.807) is 6.21 Å². The number of ether oxygens (including phenoxy) is 3. The van der Waals surface area contributed by atoms with Crippen molar-refractivity contribution in [3.05, 3.63) is 94.5 Å². The lowest BCUT2D eigenvalue weighted by atomic mass is 10.0. The summed E-state index contributed by atoms with van der Waals surface area (Å²) < 4.78 is 17.2. The molecule has 1 amide bonds. The van der Waals surface area contributed by atoms with Crippen LogP contribution in [0.5, 0.6) is 23.0 Å². The predicted octanol–water partition coefficient (Wildman–Crippen LogP) is 4.89. The molecule has 1 saturated heterocycles. The number of hydrogen-bond donors (Lipinski definition) is 2. The Morgan fingerprint density at radius 2 is 1.74 bits per heavy atom. The van der Waals surface area contributed by atoms with Crippen molar-refractivity contribution in [1.29, 1.82) is 0 Å². The summed E-state index contributed by atoms with van der Waals surface area (Å²) in [4.78, 5) is 17.3. The average Bonchev–Trinajstić information content (AvgIpc) is 3.48. The van der Waals surface area contributed by atoms with E-state index in [4.69, 9.17) is 25.8 Å². The largest absolute Gasteiger partial charge is 0.506 e. The smallest absolute Gasteiger partial charge is 0.271 e. The number of carbonyl (C=O) groups excluding carboxylic acids is 1. The number of phenolic OH excluding ortho intramolecular Hbond substituents is 1. The van der Waals surface area contributed by atoms with Crippen LogP contribution in [0.15, 0.2) is 77.9 Å². The molecule has 4 aromatic rings. The van der Waals surface area contributed by atoms with Crippen LogP contribution >= 0.6 is 11.6 Å². The van der Waals surface area contributed by atoms with Crippen LogP contribution in [0.1, 0.15) is 21.5 Å². The van der Waals surface area contributed by atoms with Gasteiger partial charge in [-0.25, -0.2) is 5.43 Å². The van der Waals surface area contributed by atoms with E-state index in [2.05, 4.69) is 32.5 Å². The highest BCUT2D eigenvalue weighted by Gasteiger charge is 2.19. The van der Waals surface area contributed by atoms with Crippen LogP contribution in [-0.2, 0) is 6.54 Å². The third-order valence-electron chi connectivity index (χ3n) is 7.47. The molecule has 2 aliphatic rings. The molecule has 0 unspecified atom stereocenters. The minimum absolute atomic E-state index is 0.0816. The standard InChI is InChI=1S/C32H31ClN4O5/c33-27-18-23(6-8-28(27)38)32(39)35-34-19-24-7-10-29(26-4-2-1-3-25(24)26)40-16-15-36-11-13-37(14-12-36)20-22-5-9-30-31(17-22)42-21-41-30/h1-10,17-19,38H,11-16,20-21H2,(H,35,39)/b34-19+. The molecule has 0 aliphatic carbocycles. The van der Waals surface area contributed by atoms with Crippen LogP contribution in [0.3, 0.4) is 0 Å². The van der Waals surface area contributed by atoms with E-state index in [9.17, 15) is 9.90 Å². The molecule has 2 heterocycles. The normalized spacial score (nSPS) is 15.4. The number of fused-ring (bicyclic) bond motifs is 2. The zero-order chi connectivity index (χ0) is 28.9. The van der Waals surface area contributed by atoms with Crippen LogP contribution in [0.2, 0.25) is 5.02 Å². The van der Waals surface area contributed by atoms with Gasteiger partial charge in [0.1, 0.15) is 18.1 Å².